The molecular formula is C20H14NaP. The maximum absolute atomic E-state index is 2.23. The van der Waals surface area contributed by atoms with Crippen molar-refractivity contribution < 1.29 is 29.6 Å². The van der Waals surface area contributed by atoms with Gasteiger partial charge in [0.2, 0.25) is 0 Å². The summed E-state index contributed by atoms with van der Waals surface area (Å²) in [6.07, 6.45) is 0. The molecule has 0 N–H and O–H groups in total. The molecule has 0 aliphatic rings. The van der Waals surface area contributed by atoms with E-state index in [1.807, 2.05) is 0 Å². The van der Waals surface area contributed by atoms with Gasteiger partial charge in [-0.25, -0.2) is 0 Å². The second-order valence-electron chi connectivity index (χ2n) is 5.11. The van der Waals surface area contributed by atoms with Gasteiger partial charge in [-0.15, -0.1) is 0 Å². The molecule has 0 spiro atoms. The van der Waals surface area contributed by atoms with Gasteiger partial charge in [-0.2, -0.15) is 10.6 Å². The van der Waals surface area contributed by atoms with E-state index in [1.54, 1.807) is 0 Å². The van der Waals surface area contributed by atoms with E-state index in [0.29, 0.717) is 0 Å². The van der Waals surface area contributed by atoms with Gasteiger partial charge in [0.15, 0.2) is 0 Å². The third-order valence-electron chi connectivity index (χ3n) is 3.77. The Balaban J connectivity index is 0.00000144. The van der Waals surface area contributed by atoms with Crippen molar-refractivity contribution >= 4 is 40.7 Å². The van der Waals surface area contributed by atoms with Crippen molar-refractivity contribution in [3.8, 4) is 0 Å². The van der Waals surface area contributed by atoms with Crippen molar-refractivity contribution in [2.24, 2.45) is 0 Å². The molecule has 4 rings (SSSR count). The van der Waals surface area contributed by atoms with E-state index in [-0.39, 0.29) is 29.6 Å². The molecule has 0 fully saturated rings. The topological polar surface area (TPSA) is 0 Å². The molecule has 0 unspecified atom stereocenters. The first kappa shape index (κ1) is 15.7. The van der Waals surface area contributed by atoms with Gasteiger partial charge in [0.25, 0.3) is 0 Å². The van der Waals surface area contributed by atoms with Gasteiger partial charge in [0.05, 0.1) is 0 Å². The van der Waals surface area contributed by atoms with Crippen LogP contribution in [0.4, 0.5) is 0 Å². The van der Waals surface area contributed by atoms with Crippen LogP contribution in [-0.4, -0.2) is 0 Å². The Morgan fingerprint density at radius 2 is 0.864 bits per heavy atom. The van der Waals surface area contributed by atoms with Crippen LogP contribution < -0.4 is 40.2 Å². The largest absolute Gasteiger partial charge is 1.00 e. The van der Waals surface area contributed by atoms with Crippen LogP contribution in [0.25, 0.3) is 21.5 Å². The number of fused-ring (bicyclic) bond motifs is 2. The minimum atomic E-state index is 0. The molecule has 0 amide bonds. The predicted molar refractivity (Wildman–Crippen MR) is 94.1 cm³/mol. The molecule has 0 aliphatic heterocycles. The van der Waals surface area contributed by atoms with E-state index in [1.165, 1.54) is 40.7 Å². The van der Waals surface area contributed by atoms with Crippen LogP contribution in [0, 0.1) is 0 Å². The van der Waals surface area contributed by atoms with Crippen LogP contribution in [0.5, 0.6) is 0 Å². The number of hydrogen-bond acceptors (Lipinski definition) is 0. The van der Waals surface area contributed by atoms with Crippen molar-refractivity contribution in [1.82, 2.24) is 0 Å². The Kier molecular flexibility index (Phi) is 4.96. The van der Waals surface area contributed by atoms with Gasteiger partial charge >= 0.3 is 29.6 Å². The second kappa shape index (κ2) is 6.94. The zero-order valence-corrected chi connectivity index (χ0v) is 15.4. The molecule has 4 aromatic rings. The normalized spacial score (nSPS) is 10.5. The Labute approximate surface area is 154 Å². The van der Waals surface area contributed by atoms with Crippen molar-refractivity contribution in [1.29, 1.82) is 0 Å². The first-order valence-electron chi connectivity index (χ1n) is 7.09. The molecule has 0 heterocycles. The van der Waals surface area contributed by atoms with Crippen LogP contribution in [0.2, 0.25) is 0 Å². The first-order valence-corrected chi connectivity index (χ1v) is 7.98. The first-order chi connectivity index (χ1) is 10.4. The van der Waals surface area contributed by atoms with Crippen molar-refractivity contribution in [3.05, 3.63) is 84.9 Å². The molecule has 22 heavy (non-hydrogen) atoms. The maximum Gasteiger partial charge on any atom is 1.00 e. The van der Waals surface area contributed by atoms with Gasteiger partial charge in [-0.3, -0.25) is 0 Å². The van der Waals surface area contributed by atoms with E-state index in [9.17, 15) is 0 Å². The van der Waals surface area contributed by atoms with Gasteiger partial charge in [0, 0.05) is 0 Å². The summed E-state index contributed by atoms with van der Waals surface area (Å²) in [4.78, 5) is 0. The summed E-state index contributed by atoms with van der Waals surface area (Å²) in [6, 6.07) is 30.3. The van der Waals surface area contributed by atoms with Crippen LogP contribution in [0.3, 0.4) is 0 Å². The average Bonchev–Trinajstić information content (AvgIpc) is 2.56. The fourth-order valence-electron chi connectivity index (χ4n) is 2.74. The van der Waals surface area contributed by atoms with Crippen LogP contribution >= 0.6 is 8.58 Å². The summed E-state index contributed by atoms with van der Waals surface area (Å²) >= 11 is 0. The van der Waals surface area contributed by atoms with Crippen molar-refractivity contribution in [2.75, 3.05) is 0 Å². The standard InChI is InChI=1S/C20H14P.Na/c1-3-11-17-15(7-1)9-5-13-19(17)21-20-14-6-10-16-8-2-4-12-18(16)20;/h1-14H;/q-1;+1. The summed E-state index contributed by atoms with van der Waals surface area (Å²) in [6.45, 7) is 0. The van der Waals surface area contributed by atoms with Crippen molar-refractivity contribution in [2.45, 2.75) is 0 Å². The molecule has 0 saturated carbocycles. The summed E-state index contributed by atoms with van der Waals surface area (Å²) in [5.74, 6) is 0. The molecule has 0 atom stereocenters. The summed E-state index contributed by atoms with van der Waals surface area (Å²) < 4.78 is 0. The quantitative estimate of drug-likeness (QED) is 0.392. The van der Waals surface area contributed by atoms with Gasteiger partial charge < -0.3 is 8.58 Å². The molecule has 100 valence electrons. The molecule has 0 saturated heterocycles. The molecule has 2 heteroatoms. The van der Waals surface area contributed by atoms with E-state index in [0.717, 1.165) is 0 Å². The smallest absolute Gasteiger partial charge is 0.471 e. The fraction of sp³-hybridized carbons (Fsp3) is 0. The summed E-state index contributed by atoms with van der Waals surface area (Å²) in [7, 11) is 1.27. The predicted octanol–water partition coefficient (Wildman–Crippen LogP) is 1.89. The fourth-order valence-corrected chi connectivity index (χ4v) is 3.97. The second-order valence-corrected chi connectivity index (χ2v) is 6.30. The Bertz CT molecular complexity index is 843. The SMILES string of the molecule is [Na+].c1ccc2c([P-]c3cccc4ccccc34)cccc2c1. The van der Waals surface area contributed by atoms with Gasteiger partial charge in [-0.1, -0.05) is 84.9 Å². The summed E-state index contributed by atoms with van der Waals surface area (Å²) in [5.41, 5.74) is 0. The zero-order chi connectivity index (χ0) is 14.1. The molecule has 0 bridgehead atoms. The van der Waals surface area contributed by atoms with E-state index < -0.39 is 0 Å². The minimum Gasteiger partial charge on any atom is -0.471 e. The molecule has 0 aliphatic carbocycles. The molecular weight excluding hydrogens is 294 g/mol. The number of benzene rings is 4. The number of hydrogen-bond donors (Lipinski definition) is 0. The third kappa shape index (κ3) is 2.98. The van der Waals surface area contributed by atoms with E-state index in [2.05, 4.69) is 84.9 Å². The van der Waals surface area contributed by atoms with E-state index >= 15 is 0 Å². The Hall–Kier alpha value is -1.17. The number of rotatable bonds is 2. The van der Waals surface area contributed by atoms with Crippen molar-refractivity contribution in [3.63, 3.8) is 0 Å². The van der Waals surface area contributed by atoms with Crippen LogP contribution in [-0.2, 0) is 0 Å². The van der Waals surface area contributed by atoms with Gasteiger partial charge in [0.1, 0.15) is 0 Å². The zero-order valence-electron chi connectivity index (χ0n) is 12.5. The minimum absolute atomic E-state index is 0. The monoisotopic (exact) mass is 308 g/mol. The average molecular weight is 308 g/mol. The van der Waals surface area contributed by atoms with E-state index in [4.69, 9.17) is 0 Å². The molecule has 0 nitrogen and oxygen atoms in total. The molecule has 0 radical (unpaired) electrons. The Morgan fingerprint density at radius 1 is 0.455 bits per heavy atom. The molecule has 0 aromatic heterocycles. The Morgan fingerprint density at radius 3 is 1.36 bits per heavy atom. The van der Waals surface area contributed by atoms with Crippen LogP contribution in [0.15, 0.2) is 84.9 Å². The third-order valence-corrected chi connectivity index (χ3v) is 5.04. The maximum atomic E-state index is 2.23. The molecule has 4 aromatic carbocycles. The van der Waals surface area contributed by atoms with Crippen LogP contribution in [0.1, 0.15) is 0 Å². The summed E-state index contributed by atoms with van der Waals surface area (Å²) in [5, 5.41) is 8.03. The van der Waals surface area contributed by atoms with Gasteiger partial charge in [-0.05, 0) is 21.5 Å².